The van der Waals surface area contributed by atoms with Crippen LogP contribution >= 0.6 is 0 Å². The van der Waals surface area contributed by atoms with E-state index in [1.54, 1.807) is 27.9 Å². The third kappa shape index (κ3) is 4.05. The number of aromatic nitrogens is 5. The fraction of sp³-hybridized carbons (Fsp3) is 0.312. The van der Waals surface area contributed by atoms with Crippen molar-refractivity contribution < 1.29 is 14.0 Å². The molecular formula is C32H29FN8O2. The predicted molar refractivity (Wildman–Crippen MR) is 158 cm³/mol. The van der Waals surface area contributed by atoms with Gasteiger partial charge in [-0.05, 0) is 68.9 Å². The van der Waals surface area contributed by atoms with E-state index in [4.69, 9.17) is 21.2 Å². The summed E-state index contributed by atoms with van der Waals surface area (Å²) in [6.45, 7) is 3.36. The summed E-state index contributed by atoms with van der Waals surface area (Å²) in [5.74, 6) is -0.877. The van der Waals surface area contributed by atoms with Crippen molar-refractivity contribution >= 4 is 34.2 Å². The Morgan fingerprint density at radius 2 is 1.93 bits per heavy atom. The molecule has 1 saturated heterocycles. The van der Waals surface area contributed by atoms with Crippen LogP contribution in [0.5, 0.6) is 0 Å². The molecule has 3 N–H and O–H groups in total. The van der Waals surface area contributed by atoms with Gasteiger partial charge in [-0.1, -0.05) is 6.07 Å². The summed E-state index contributed by atoms with van der Waals surface area (Å²) in [4.78, 5) is 36.3. The van der Waals surface area contributed by atoms with Crippen LogP contribution in [-0.2, 0) is 6.54 Å². The third-order valence-electron chi connectivity index (χ3n) is 9.25. The summed E-state index contributed by atoms with van der Waals surface area (Å²) in [5, 5.41) is 14.2. The molecule has 4 aromatic heterocycles. The van der Waals surface area contributed by atoms with Gasteiger partial charge in [-0.3, -0.25) is 9.59 Å². The highest BCUT2D eigenvalue weighted by molar-refractivity contribution is 6.02. The van der Waals surface area contributed by atoms with Gasteiger partial charge >= 0.3 is 0 Å². The van der Waals surface area contributed by atoms with Crippen molar-refractivity contribution in [3.8, 4) is 22.6 Å². The molecule has 8 rings (SSSR count). The van der Waals surface area contributed by atoms with Crippen molar-refractivity contribution in [2.45, 2.75) is 45.2 Å². The molecule has 3 fully saturated rings. The van der Waals surface area contributed by atoms with Crippen LogP contribution in [0.2, 0.25) is 0 Å². The molecule has 43 heavy (non-hydrogen) atoms. The number of rotatable bonds is 6. The van der Waals surface area contributed by atoms with Gasteiger partial charge in [0.05, 0.1) is 28.6 Å². The third-order valence-corrected chi connectivity index (χ3v) is 9.25. The van der Waals surface area contributed by atoms with E-state index in [2.05, 4.69) is 15.6 Å². The zero-order chi connectivity index (χ0) is 29.6. The highest BCUT2D eigenvalue weighted by Crippen LogP contribution is 2.38. The Morgan fingerprint density at radius 1 is 1.09 bits per heavy atom. The predicted octanol–water partition coefficient (Wildman–Crippen LogP) is 4.62. The summed E-state index contributed by atoms with van der Waals surface area (Å²) in [7, 11) is 0. The molecule has 2 bridgehead atoms. The van der Waals surface area contributed by atoms with E-state index in [0.29, 0.717) is 40.6 Å². The van der Waals surface area contributed by atoms with Gasteiger partial charge in [0.15, 0.2) is 5.65 Å². The van der Waals surface area contributed by atoms with Crippen molar-refractivity contribution in [2.75, 3.05) is 6.54 Å². The second-order valence-electron chi connectivity index (χ2n) is 12.0. The van der Waals surface area contributed by atoms with Gasteiger partial charge in [0.25, 0.3) is 11.8 Å². The van der Waals surface area contributed by atoms with Gasteiger partial charge in [-0.15, -0.1) is 0 Å². The average molecular weight is 577 g/mol. The highest BCUT2D eigenvalue weighted by atomic mass is 19.1. The fourth-order valence-corrected chi connectivity index (χ4v) is 6.72. The zero-order valence-corrected chi connectivity index (χ0v) is 23.5. The van der Waals surface area contributed by atoms with E-state index < -0.39 is 11.7 Å². The molecule has 1 aromatic carbocycles. The molecule has 3 aliphatic rings. The summed E-state index contributed by atoms with van der Waals surface area (Å²) < 4.78 is 18.4. The Balaban J connectivity index is 1.20. The zero-order valence-electron chi connectivity index (χ0n) is 23.5. The quantitative estimate of drug-likeness (QED) is 0.304. The number of nitrogens with two attached hydrogens (primary N) is 1. The van der Waals surface area contributed by atoms with Gasteiger partial charge in [-0.2, -0.15) is 5.10 Å². The number of halogens is 1. The minimum Gasteiger partial charge on any atom is -0.366 e. The number of benzene rings is 1. The van der Waals surface area contributed by atoms with Crippen LogP contribution in [0, 0.1) is 30.0 Å². The molecule has 5 aromatic rings. The Hall–Kier alpha value is -4.93. The lowest BCUT2D eigenvalue weighted by Gasteiger charge is -2.25. The van der Waals surface area contributed by atoms with E-state index in [0.717, 1.165) is 60.2 Å². The lowest BCUT2D eigenvalue weighted by molar-refractivity contribution is 0.0710. The maximum absolute atomic E-state index is 14.6. The lowest BCUT2D eigenvalue weighted by Crippen LogP contribution is -2.38. The molecule has 2 saturated carbocycles. The van der Waals surface area contributed by atoms with Crippen molar-refractivity contribution in [1.29, 1.82) is 5.41 Å². The molecule has 216 valence electrons. The lowest BCUT2D eigenvalue weighted by atomic mass is 10.1. The molecule has 11 heteroatoms. The maximum atomic E-state index is 14.6. The first kappa shape index (κ1) is 25.8. The number of nitrogens with zero attached hydrogens (tertiary/aromatic N) is 6. The molecule has 0 spiro atoms. The van der Waals surface area contributed by atoms with Gasteiger partial charge in [0.1, 0.15) is 17.2 Å². The first-order valence-electron chi connectivity index (χ1n) is 14.6. The highest BCUT2D eigenvalue weighted by Gasteiger charge is 2.45. The molecule has 10 nitrogen and oxygen atoms in total. The van der Waals surface area contributed by atoms with Gasteiger partial charge in [0.2, 0.25) is 0 Å². The van der Waals surface area contributed by atoms with E-state index >= 15 is 0 Å². The number of primary amides is 1. The van der Waals surface area contributed by atoms with Gasteiger partial charge < -0.3 is 20.6 Å². The summed E-state index contributed by atoms with van der Waals surface area (Å²) >= 11 is 0. The average Bonchev–Trinajstić information content (AvgIpc) is 3.41. The van der Waals surface area contributed by atoms with Crippen LogP contribution in [-0.4, -0.2) is 59.2 Å². The second-order valence-corrected chi connectivity index (χ2v) is 12.0. The van der Waals surface area contributed by atoms with E-state index in [-0.39, 0.29) is 23.4 Å². The van der Waals surface area contributed by atoms with Crippen LogP contribution in [0.4, 0.5) is 4.39 Å². The monoisotopic (exact) mass is 576 g/mol. The number of piperidine rings is 1. The van der Waals surface area contributed by atoms with Crippen LogP contribution in [0.1, 0.15) is 52.0 Å². The van der Waals surface area contributed by atoms with Gasteiger partial charge in [-0.25, -0.2) is 18.9 Å². The van der Waals surface area contributed by atoms with Crippen molar-refractivity contribution in [3.05, 3.63) is 71.3 Å². The fourth-order valence-electron chi connectivity index (χ4n) is 6.72. The number of pyridine rings is 1. The van der Waals surface area contributed by atoms with Gasteiger partial charge in [0, 0.05) is 53.6 Å². The normalized spacial score (nSPS) is 19.7. The van der Waals surface area contributed by atoms with Crippen LogP contribution in [0.3, 0.4) is 0 Å². The number of nitrogens with one attached hydrogen (secondary N) is 1. The van der Waals surface area contributed by atoms with Crippen molar-refractivity contribution in [1.82, 2.24) is 29.0 Å². The number of amides is 2. The Bertz CT molecular complexity index is 2020. The number of hydrogen-bond donors (Lipinski definition) is 2. The molecule has 0 radical (unpaired) electrons. The molecule has 2 aliphatic carbocycles. The molecule has 2 unspecified atom stereocenters. The number of carbonyl (C=O) groups excluding carboxylic acids is 2. The summed E-state index contributed by atoms with van der Waals surface area (Å²) in [5.41, 5.74) is 11.4. The largest absolute Gasteiger partial charge is 0.366 e. The Labute approximate surface area is 245 Å². The minimum atomic E-state index is -0.812. The number of carbonyl (C=O) groups is 2. The number of fused-ring (bicyclic) bond motifs is 4. The molecular weight excluding hydrogens is 547 g/mol. The summed E-state index contributed by atoms with van der Waals surface area (Å²) in [6, 6.07) is 10.1. The molecule has 2 atom stereocenters. The smallest absolute Gasteiger partial charge is 0.257 e. The number of likely N-dealkylation sites (tertiary alicyclic amines) is 1. The van der Waals surface area contributed by atoms with E-state index in [1.807, 2.05) is 19.1 Å². The first-order valence-corrected chi connectivity index (χ1v) is 14.6. The van der Waals surface area contributed by atoms with Crippen molar-refractivity contribution in [3.63, 3.8) is 0 Å². The maximum Gasteiger partial charge on any atom is 0.257 e. The van der Waals surface area contributed by atoms with E-state index in [9.17, 15) is 14.0 Å². The van der Waals surface area contributed by atoms with Crippen molar-refractivity contribution in [2.24, 2.45) is 17.6 Å². The molecule has 1 aliphatic heterocycles. The molecule has 5 heterocycles. The first-order chi connectivity index (χ1) is 20.8. The standard InChI is InChI=1S/C32H29FN8O2/c1-16-28(38-41-15-21(12-36-30(16)41)32(43)40-14-20-6-9-25(40)27(20)34)26-11-19-5-8-24(37-31(19)39(26)13-17-2-3-17)18-4-7-22(29(35)42)23(33)10-18/h4-5,7-8,10-12,15,17,20,25,34H,2-3,6,9,13-14H2,1H3,(H2,35,42). The Morgan fingerprint density at radius 3 is 2.63 bits per heavy atom. The van der Waals surface area contributed by atoms with Crippen LogP contribution in [0.15, 0.2) is 48.8 Å². The minimum absolute atomic E-state index is 0.101. The number of hydrogen-bond acceptors (Lipinski definition) is 6. The van der Waals surface area contributed by atoms with E-state index in [1.165, 1.54) is 12.1 Å². The second kappa shape index (κ2) is 9.29. The molecule has 2 amide bonds. The van der Waals surface area contributed by atoms with Crippen LogP contribution in [0.25, 0.3) is 39.3 Å². The Kier molecular flexibility index (Phi) is 5.56. The SMILES string of the molecule is Cc1c(-c2cc3ccc(-c4ccc(C(N)=O)c(F)c4)nc3n2CC2CC2)nn2cc(C(=O)N3CC4CCC3C4=N)cnc12. The summed E-state index contributed by atoms with van der Waals surface area (Å²) in [6.07, 6.45) is 7.48. The topological polar surface area (TPSA) is 135 Å². The number of aryl methyl sites for hydroxylation is 1. The van der Waals surface area contributed by atoms with Crippen LogP contribution < -0.4 is 5.73 Å².